The van der Waals surface area contributed by atoms with Gasteiger partial charge in [-0.3, -0.25) is 4.90 Å². The van der Waals surface area contributed by atoms with Gasteiger partial charge in [0.2, 0.25) is 10.0 Å². The van der Waals surface area contributed by atoms with Crippen LogP contribution in [0, 0.1) is 11.3 Å². The van der Waals surface area contributed by atoms with Crippen LogP contribution in [0.5, 0.6) is 0 Å². The van der Waals surface area contributed by atoms with Gasteiger partial charge < -0.3 is 15.2 Å². The van der Waals surface area contributed by atoms with Crippen LogP contribution < -0.4 is 15.4 Å². The predicted octanol–water partition coefficient (Wildman–Crippen LogP) is 2.66. The Kier molecular flexibility index (Phi) is 8.70. The number of methoxy groups -OCH3 is 2. The van der Waals surface area contributed by atoms with Crippen molar-refractivity contribution >= 4 is 27.6 Å². The first kappa shape index (κ1) is 27.4. The first-order chi connectivity index (χ1) is 17.7. The molecule has 2 aromatic carbocycles. The molecule has 1 unspecified atom stereocenters. The molecule has 194 valence electrons. The number of nitrogens with two attached hydrogens (primary N) is 1. The van der Waals surface area contributed by atoms with Crippen molar-refractivity contribution in [3.05, 3.63) is 82.8 Å². The topological polar surface area (TPSA) is 152 Å². The quantitative estimate of drug-likeness (QED) is 0.372. The highest BCUT2D eigenvalue weighted by molar-refractivity contribution is 7.89. The number of nitrogens with zero attached hydrogens (tertiary/aromatic N) is 2. The molecule has 10 nitrogen and oxygen atoms in total. The number of allylic oxidation sites excluding steroid dienone is 1. The summed E-state index contributed by atoms with van der Waals surface area (Å²) < 4.78 is 39.0. The maximum Gasteiger partial charge on any atom is 0.355 e. The van der Waals surface area contributed by atoms with Crippen molar-refractivity contribution in [3.8, 4) is 6.07 Å². The van der Waals surface area contributed by atoms with Crippen LogP contribution in [0.25, 0.3) is 0 Å². The molecule has 37 heavy (non-hydrogen) atoms. The summed E-state index contributed by atoms with van der Waals surface area (Å²) in [5.74, 6) is -3.15. The monoisotopic (exact) mass is 524 g/mol. The smallest absolute Gasteiger partial charge is 0.355 e. The molecule has 2 aromatic rings. The van der Waals surface area contributed by atoms with Crippen molar-refractivity contribution < 1.29 is 27.5 Å². The second kappa shape index (κ2) is 11.7. The van der Waals surface area contributed by atoms with Crippen LogP contribution >= 0.6 is 0 Å². The van der Waals surface area contributed by atoms with Gasteiger partial charge in [0, 0.05) is 6.54 Å². The van der Waals surface area contributed by atoms with Crippen molar-refractivity contribution in [3.63, 3.8) is 0 Å². The second-order valence-corrected chi connectivity index (χ2v) is 9.79. The third kappa shape index (κ3) is 5.35. The SMILES string of the molecule is CCCCNS(=O)(=O)c1ccccc1N1C(N)=C(C#N)C(c2ccccc2)C(C(=O)OC)=C1C(=O)OC. The van der Waals surface area contributed by atoms with Gasteiger partial charge in [-0.05, 0) is 24.1 Å². The number of benzene rings is 2. The molecule has 0 aromatic heterocycles. The van der Waals surface area contributed by atoms with Gasteiger partial charge in [-0.1, -0.05) is 55.8 Å². The van der Waals surface area contributed by atoms with Gasteiger partial charge in [0.1, 0.15) is 16.4 Å². The Morgan fingerprint density at radius 1 is 1.05 bits per heavy atom. The van der Waals surface area contributed by atoms with Crippen molar-refractivity contribution in [1.82, 2.24) is 4.72 Å². The summed E-state index contributed by atoms with van der Waals surface area (Å²) in [6.45, 7) is 2.13. The number of anilines is 1. The highest BCUT2D eigenvalue weighted by Gasteiger charge is 2.44. The molecule has 11 heteroatoms. The summed E-state index contributed by atoms with van der Waals surface area (Å²) in [5, 5.41) is 10.1. The number of para-hydroxylation sites is 1. The van der Waals surface area contributed by atoms with Crippen LogP contribution in [0.1, 0.15) is 31.2 Å². The summed E-state index contributed by atoms with van der Waals surface area (Å²) >= 11 is 0. The van der Waals surface area contributed by atoms with Crippen LogP contribution in [0.15, 0.2) is 82.2 Å². The Balaban J connectivity index is 2.39. The Bertz CT molecular complexity index is 1390. The molecule has 3 rings (SSSR count). The van der Waals surface area contributed by atoms with E-state index in [1.54, 1.807) is 36.4 Å². The summed E-state index contributed by atoms with van der Waals surface area (Å²) in [7, 11) is -1.81. The lowest BCUT2D eigenvalue weighted by molar-refractivity contribution is -0.139. The number of unbranched alkanes of at least 4 members (excludes halogenated alkanes) is 1. The van der Waals surface area contributed by atoms with Crippen LogP contribution in [0.2, 0.25) is 0 Å². The van der Waals surface area contributed by atoms with Crippen molar-refractivity contribution in [2.75, 3.05) is 25.7 Å². The van der Waals surface area contributed by atoms with Crippen LogP contribution in [-0.4, -0.2) is 41.1 Å². The summed E-state index contributed by atoms with van der Waals surface area (Å²) in [4.78, 5) is 27.3. The van der Waals surface area contributed by atoms with Crippen molar-refractivity contribution in [1.29, 1.82) is 5.26 Å². The van der Waals surface area contributed by atoms with Crippen molar-refractivity contribution in [2.45, 2.75) is 30.6 Å². The Labute approximate surface area is 216 Å². The van der Waals surface area contributed by atoms with E-state index < -0.39 is 27.9 Å². The molecule has 1 heterocycles. The molecular weight excluding hydrogens is 496 g/mol. The minimum atomic E-state index is -4.07. The van der Waals surface area contributed by atoms with E-state index in [0.29, 0.717) is 12.0 Å². The second-order valence-electron chi connectivity index (χ2n) is 8.05. The maximum absolute atomic E-state index is 13.2. The van der Waals surface area contributed by atoms with Gasteiger partial charge in [-0.25, -0.2) is 22.7 Å². The number of ether oxygens (including phenoxy) is 2. The summed E-state index contributed by atoms with van der Waals surface area (Å²) in [6.07, 6.45) is 1.39. The first-order valence-corrected chi connectivity index (χ1v) is 13.0. The van der Waals surface area contributed by atoms with Crippen molar-refractivity contribution in [2.24, 2.45) is 5.73 Å². The molecule has 0 bridgehead atoms. The normalized spacial score (nSPS) is 15.8. The van der Waals surface area contributed by atoms with Gasteiger partial charge in [0.05, 0.1) is 43.0 Å². The molecule has 0 spiro atoms. The average Bonchev–Trinajstić information content (AvgIpc) is 2.92. The third-order valence-corrected chi connectivity index (χ3v) is 7.34. The fourth-order valence-electron chi connectivity index (χ4n) is 4.09. The number of carbonyl (C=O) groups excluding carboxylic acids is 2. The standard InChI is InChI=1S/C26H28N4O6S/c1-4-5-15-29-37(33,34)20-14-10-9-13-19(20)30-23(26(32)36-3)22(25(31)35-2)21(18(16-27)24(30)28)17-11-7-6-8-12-17/h6-14,21,29H,4-5,15,28H2,1-3H3. The molecular formula is C26H28N4O6S. The van der Waals surface area contributed by atoms with E-state index in [-0.39, 0.29) is 39.8 Å². The van der Waals surface area contributed by atoms with Gasteiger partial charge in [0.15, 0.2) is 0 Å². The highest BCUT2D eigenvalue weighted by Crippen LogP contribution is 2.44. The Hall–Kier alpha value is -4.14. The number of esters is 2. The molecule has 0 amide bonds. The fraction of sp³-hybridized carbons (Fsp3) is 0.269. The lowest BCUT2D eigenvalue weighted by Gasteiger charge is -2.36. The van der Waals surface area contributed by atoms with E-state index in [4.69, 9.17) is 15.2 Å². The number of carbonyl (C=O) groups is 2. The average molecular weight is 525 g/mol. The van der Waals surface area contributed by atoms with E-state index in [2.05, 4.69) is 4.72 Å². The molecule has 3 N–H and O–H groups in total. The maximum atomic E-state index is 13.2. The van der Waals surface area contributed by atoms with E-state index in [9.17, 15) is 23.3 Å². The third-order valence-electron chi connectivity index (χ3n) is 5.83. The number of sulfonamides is 1. The molecule has 0 aliphatic carbocycles. The van der Waals surface area contributed by atoms with Gasteiger partial charge in [-0.2, -0.15) is 5.26 Å². The zero-order chi connectivity index (χ0) is 27.2. The molecule has 0 saturated heterocycles. The van der Waals surface area contributed by atoms with E-state index in [1.165, 1.54) is 18.2 Å². The Morgan fingerprint density at radius 3 is 2.27 bits per heavy atom. The molecule has 1 aliphatic rings. The van der Waals surface area contributed by atoms with Crippen LogP contribution in [0.4, 0.5) is 5.69 Å². The number of rotatable bonds is 9. The summed E-state index contributed by atoms with van der Waals surface area (Å²) in [6, 6.07) is 16.4. The highest BCUT2D eigenvalue weighted by atomic mass is 32.2. The van der Waals surface area contributed by atoms with E-state index in [0.717, 1.165) is 25.5 Å². The lowest BCUT2D eigenvalue weighted by atomic mass is 9.81. The number of hydrogen-bond acceptors (Lipinski definition) is 9. The van der Waals surface area contributed by atoms with Crippen LogP contribution in [-0.2, 0) is 29.1 Å². The number of nitriles is 1. The van der Waals surface area contributed by atoms with Gasteiger partial charge in [-0.15, -0.1) is 0 Å². The van der Waals surface area contributed by atoms with Crippen LogP contribution in [0.3, 0.4) is 0 Å². The van der Waals surface area contributed by atoms with Gasteiger partial charge >= 0.3 is 11.9 Å². The zero-order valence-corrected chi connectivity index (χ0v) is 21.5. The van der Waals surface area contributed by atoms with E-state index >= 15 is 0 Å². The molecule has 0 radical (unpaired) electrons. The molecule has 0 fully saturated rings. The van der Waals surface area contributed by atoms with E-state index in [1.807, 2.05) is 13.0 Å². The first-order valence-electron chi connectivity index (χ1n) is 11.5. The largest absolute Gasteiger partial charge is 0.466 e. The fourth-order valence-corrected chi connectivity index (χ4v) is 5.35. The molecule has 1 aliphatic heterocycles. The van der Waals surface area contributed by atoms with Gasteiger partial charge in [0.25, 0.3) is 0 Å². The Morgan fingerprint density at radius 2 is 1.68 bits per heavy atom. The lowest BCUT2D eigenvalue weighted by Crippen LogP contribution is -2.41. The summed E-state index contributed by atoms with van der Waals surface area (Å²) in [5.41, 5.74) is 6.33. The minimum Gasteiger partial charge on any atom is -0.466 e. The number of nitrogens with one attached hydrogen (secondary N) is 1. The minimum absolute atomic E-state index is 0.0370. The number of hydrogen-bond donors (Lipinski definition) is 2. The predicted molar refractivity (Wildman–Crippen MR) is 136 cm³/mol. The zero-order valence-electron chi connectivity index (χ0n) is 20.7. The molecule has 0 saturated carbocycles. The molecule has 1 atom stereocenters.